The fraction of sp³-hybridized carbons (Fsp3) is 0.250. The van der Waals surface area contributed by atoms with Gasteiger partial charge in [0.15, 0.2) is 11.5 Å². The van der Waals surface area contributed by atoms with Crippen molar-refractivity contribution in [2.45, 2.75) is 34.2 Å². The van der Waals surface area contributed by atoms with Gasteiger partial charge in [0.2, 0.25) is 17.4 Å². The Morgan fingerprint density at radius 2 is 1.42 bits per heavy atom. The number of aromatic nitrogens is 4. The first-order valence-electron chi connectivity index (χ1n) is 10.9. The summed E-state index contributed by atoms with van der Waals surface area (Å²) in [5.74, 6) is 2.32. The van der Waals surface area contributed by atoms with Crippen LogP contribution in [0.1, 0.15) is 26.4 Å². The van der Waals surface area contributed by atoms with E-state index in [9.17, 15) is 0 Å². The Morgan fingerprint density at radius 3 is 2.14 bits per heavy atom. The minimum Gasteiger partial charge on any atom is -0.454 e. The smallest absolute Gasteiger partial charge is 0.231 e. The van der Waals surface area contributed by atoms with E-state index < -0.39 is 0 Å². The minimum absolute atomic E-state index is 0.207. The highest BCUT2D eigenvalue weighted by molar-refractivity contribution is 7.19. The first-order valence-corrected chi connectivity index (χ1v) is 13.6. The van der Waals surface area contributed by atoms with Crippen molar-refractivity contribution in [3.8, 4) is 11.5 Å². The molecule has 6 rings (SSSR count). The second-order valence-corrected chi connectivity index (χ2v) is 11.5. The molecule has 0 bridgehead atoms. The van der Waals surface area contributed by atoms with Gasteiger partial charge in [-0.05, 0) is 79.7 Å². The monoisotopic (exact) mass is 579 g/mol. The molecule has 0 fully saturated rings. The van der Waals surface area contributed by atoms with Crippen molar-refractivity contribution < 1.29 is 9.47 Å². The normalized spacial score (nSPS) is 12.2. The van der Waals surface area contributed by atoms with Crippen molar-refractivity contribution in [1.82, 2.24) is 19.9 Å². The fourth-order valence-electron chi connectivity index (χ4n) is 3.76. The van der Waals surface area contributed by atoms with Crippen LogP contribution in [0.25, 0.3) is 20.4 Å². The van der Waals surface area contributed by atoms with Gasteiger partial charge in [-0.15, -0.1) is 22.7 Å². The molecule has 36 heavy (non-hydrogen) atoms. The van der Waals surface area contributed by atoms with Crippen LogP contribution in [0, 0.1) is 27.7 Å². The van der Waals surface area contributed by atoms with E-state index in [0.29, 0.717) is 11.7 Å². The predicted octanol–water partition coefficient (Wildman–Crippen LogP) is 7.92. The Balaban J connectivity index is 0.000000174. The summed E-state index contributed by atoms with van der Waals surface area (Å²) in [5.41, 5.74) is 3.42. The van der Waals surface area contributed by atoms with Crippen LogP contribution < -0.4 is 14.8 Å². The van der Waals surface area contributed by atoms with Crippen LogP contribution in [0.4, 0.5) is 5.82 Å². The van der Waals surface area contributed by atoms with E-state index >= 15 is 0 Å². The van der Waals surface area contributed by atoms with E-state index in [1.165, 1.54) is 15.3 Å². The van der Waals surface area contributed by atoms with Crippen molar-refractivity contribution >= 4 is 83.7 Å². The maximum absolute atomic E-state index is 6.05. The summed E-state index contributed by atoms with van der Waals surface area (Å²) < 4.78 is 10.7. The summed E-state index contributed by atoms with van der Waals surface area (Å²) in [6, 6.07) is 5.90. The summed E-state index contributed by atoms with van der Waals surface area (Å²) >= 11 is 20.9. The maximum atomic E-state index is 6.05. The molecule has 0 radical (unpaired) electrons. The highest BCUT2D eigenvalue weighted by atomic mass is 35.5. The second-order valence-electron chi connectivity index (χ2n) is 8.09. The summed E-state index contributed by atoms with van der Waals surface area (Å²) in [6.45, 7) is 9.10. The van der Waals surface area contributed by atoms with E-state index in [1.54, 1.807) is 22.7 Å². The molecule has 0 amide bonds. The van der Waals surface area contributed by atoms with E-state index in [4.69, 9.17) is 44.3 Å². The molecular weight excluding hydrogens is 561 g/mol. The summed E-state index contributed by atoms with van der Waals surface area (Å²) in [5, 5.41) is 6.23. The first kappa shape index (κ1) is 25.2. The van der Waals surface area contributed by atoms with Crippen LogP contribution in [-0.4, -0.2) is 26.7 Å². The standard InChI is InChI=1S/C16H14ClN3O2S.C8H6Cl2N2S/c1-8-9(2)23-15-13(8)14(19-16(17)20-15)18-6-10-3-4-11-12(5-10)22-7-21-11;1-3-4(2)13-7-5(3)6(9)11-8(10)12-7/h3-5H,6-7H2,1-2H3,(H,18,19,20);1-2H3. The number of rotatable bonds is 3. The number of hydrogen-bond donors (Lipinski definition) is 1. The molecule has 1 aliphatic heterocycles. The summed E-state index contributed by atoms with van der Waals surface area (Å²) in [4.78, 5) is 20.9. The maximum Gasteiger partial charge on any atom is 0.231 e. The van der Waals surface area contributed by atoms with Crippen LogP contribution in [0.5, 0.6) is 11.5 Å². The van der Waals surface area contributed by atoms with Crippen molar-refractivity contribution in [2.24, 2.45) is 0 Å². The van der Waals surface area contributed by atoms with E-state index in [-0.39, 0.29) is 17.4 Å². The molecule has 0 unspecified atom stereocenters. The van der Waals surface area contributed by atoms with Crippen LogP contribution in [0.15, 0.2) is 18.2 Å². The van der Waals surface area contributed by atoms with Gasteiger partial charge in [0.05, 0.1) is 10.8 Å². The average molecular weight is 581 g/mol. The molecule has 0 spiro atoms. The highest BCUT2D eigenvalue weighted by Crippen LogP contribution is 2.36. The van der Waals surface area contributed by atoms with Crippen molar-refractivity contribution in [3.63, 3.8) is 0 Å². The second kappa shape index (κ2) is 10.1. The Kier molecular flexibility index (Phi) is 7.11. The number of anilines is 1. The van der Waals surface area contributed by atoms with Crippen LogP contribution in [0.2, 0.25) is 15.7 Å². The Hall–Kier alpha value is -2.43. The molecule has 0 saturated carbocycles. The van der Waals surface area contributed by atoms with Gasteiger partial charge in [-0.1, -0.05) is 17.7 Å². The predicted molar refractivity (Wildman–Crippen MR) is 149 cm³/mol. The van der Waals surface area contributed by atoms with Gasteiger partial charge in [0, 0.05) is 16.3 Å². The molecule has 1 aliphatic rings. The summed E-state index contributed by atoms with van der Waals surface area (Å²) in [7, 11) is 0. The molecule has 1 aromatic carbocycles. The van der Waals surface area contributed by atoms with E-state index in [2.05, 4.69) is 39.1 Å². The topological polar surface area (TPSA) is 82.1 Å². The number of thiophene rings is 2. The van der Waals surface area contributed by atoms with E-state index in [1.807, 2.05) is 32.0 Å². The molecule has 5 aromatic rings. The number of fused-ring (bicyclic) bond motifs is 3. The largest absolute Gasteiger partial charge is 0.454 e. The highest BCUT2D eigenvalue weighted by Gasteiger charge is 2.16. The minimum atomic E-state index is 0.207. The number of nitrogens with zero attached hydrogens (tertiary/aromatic N) is 4. The lowest BCUT2D eigenvalue weighted by Crippen LogP contribution is -2.03. The first-order chi connectivity index (χ1) is 17.2. The average Bonchev–Trinajstić information content (AvgIpc) is 3.48. The zero-order chi connectivity index (χ0) is 25.6. The number of hydrogen-bond acceptors (Lipinski definition) is 9. The Bertz CT molecular complexity index is 1620. The molecule has 7 nitrogen and oxygen atoms in total. The Morgan fingerprint density at radius 1 is 0.806 bits per heavy atom. The summed E-state index contributed by atoms with van der Waals surface area (Å²) in [6.07, 6.45) is 0. The zero-order valence-electron chi connectivity index (χ0n) is 19.7. The lowest BCUT2D eigenvalue weighted by molar-refractivity contribution is 0.174. The van der Waals surface area contributed by atoms with Crippen LogP contribution in [0.3, 0.4) is 0 Å². The van der Waals surface area contributed by atoms with Gasteiger partial charge in [-0.25, -0.2) is 19.9 Å². The Labute approximate surface area is 230 Å². The fourth-order valence-corrected chi connectivity index (χ4v) is 6.67. The van der Waals surface area contributed by atoms with E-state index in [0.717, 1.165) is 48.9 Å². The molecule has 186 valence electrons. The van der Waals surface area contributed by atoms with Gasteiger partial charge in [0.1, 0.15) is 20.6 Å². The third kappa shape index (κ3) is 4.90. The lowest BCUT2D eigenvalue weighted by Gasteiger charge is -2.09. The number of ether oxygens (including phenoxy) is 2. The molecule has 12 heteroatoms. The molecule has 4 aromatic heterocycles. The van der Waals surface area contributed by atoms with Gasteiger partial charge in [-0.3, -0.25) is 0 Å². The van der Waals surface area contributed by atoms with Crippen molar-refractivity contribution in [1.29, 1.82) is 0 Å². The van der Waals surface area contributed by atoms with Crippen LogP contribution >= 0.6 is 57.5 Å². The van der Waals surface area contributed by atoms with Gasteiger partial charge in [-0.2, -0.15) is 0 Å². The third-order valence-corrected chi connectivity index (χ3v) is 8.67. The van der Waals surface area contributed by atoms with Gasteiger partial charge in [0.25, 0.3) is 0 Å². The molecule has 0 saturated heterocycles. The van der Waals surface area contributed by atoms with Crippen LogP contribution in [-0.2, 0) is 6.54 Å². The lowest BCUT2D eigenvalue weighted by atomic mass is 10.2. The number of aryl methyl sites for hydroxylation is 4. The van der Waals surface area contributed by atoms with Crippen molar-refractivity contribution in [2.75, 3.05) is 12.1 Å². The van der Waals surface area contributed by atoms with Gasteiger partial charge < -0.3 is 14.8 Å². The third-order valence-electron chi connectivity index (χ3n) is 5.86. The molecule has 0 aliphatic carbocycles. The molecule has 1 N–H and O–H groups in total. The number of nitrogens with one attached hydrogen (secondary N) is 1. The molecular formula is C24H20Cl3N5O2S2. The molecule has 0 atom stereocenters. The van der Waals surface area contributed by atoms with Gasteiger partial charge >= 0.3 is 0 Å². The van der Waals surface area contributed by atoms with Crippen molar-refractivity contribution in [3.05, 3.63) is 60.4 Å². The number of halogens is 3. The number of benzene rings is 1. The zero-order valence-corrected chi connectivity index (χ0v) is 23.6. The quantitative estimate of drug-likeness (QED) is 0.171. The molecule has 5 heterocycles. The SMILES string of the molecule is Cc1sc2nc(Cl)nc(Cl)c2c1C.Cc1sc2nc(Cl)nc(NCc3ccc4c(c3)OCO4)c2c1C.